The summed E-state index contributed by atoms with van der Waals surface area (Å²) in [7, 11) is 0. The van der Waals surface area contributed by atoms with Crippen molar-refractivity contribution in [1.82, 2.24) is 10.3 Å². The highest BCUT2D eigenvalue weighted by atomic mass is 32.2. The van der Waals surface area contributed by atoms with Crippen LogP contribution < -0.4 is 5.32 Å². The number of pyridine rings is 1. The van der Waals surface area contributed by atoms with Crippen molar-refractivity contribution in [3.05, 3.63) is 59.3 Å². The van der Waals surface area contributed by atoms with E-state index in [0.29, 0.717) is 6.54 Å². The van der Waals surface area contributed by atoms with Crippen molar-refractivity contribution in [3.63, 3.8) is 0 Å². The van der Waals surface area contributed by atoms with E-state index in [1.807, 2.05) is 50.2 Å². The van der Waals surface area contributed by atoms with Crippen LogP contribution in [-0.4, -0.2) is 21.9 Å². The molecular formula is C19H22N2O2S. The third kappa shape index (κ3) is 5.49. The second-order valence-electron chi connectivity index (χ2n) is 5.81. The van der Waals surface area contributed by atoms with Crippen molar-refractivity contribution in [1.29, 1.82) is 0 Å². The second kappa shape index (κ2) is 8.64. The van der Waals surface area contributed by atoms with Crippen molar-refractivity contribution in [2.24, 2.45) is 0 Å². The maximum atomic E-state index is 12.2. The first-order valence-corrected chi connectivity index (χ1v) is 8.74. The van der Waals surface area contributed by atoms with E-state index >= 15 is 0 Å². The van der Waals surface area contributed by atoms with Crippen molar-refractivity contribution >= 4 is 23.5 Å². The van der Waals surface area contributed by atoms with Gasteiger partial charge in [0.2, 0.25) is 5.91 Å². The summed E-state index contributed by atoms with van der Waals surface area (Å²) >= 11 is 1.35. The normalized spacial score (nSPS) is 11.8. The molecule has 0 aliphatic carbocycles. The van der Waals surface area contributed by atoms with Crippen molar-refractivity contribution in [2.75, 3.05) is 0 Å². The molecule has 1 heterocycles. The van der Waals surface area contributed by atoms with E-state index in [0.717, 1.165) is 16.2 Å². The molecule has 0 fully saturated rings. The van der Waals surface area contributed by atoms with Gasteiger partial charge in [0.15, 0.2) is 0 Å². The largest absolute Gasteiger partial charge is 0.352 e. The fourth-order valence-electron chi connectivity index (χ4n) is 2.14. The van der Waals surface area contributed by atoms with Crippen LogP contribution in [0.15, 0.2) is 47.6 Å². The Labute approximate surface area is 147 Å². The van der Waals surface area contributed by atoms with Crippen LogP contribution in [0.5, 0.6) is 0 Å². The topological polar surface area (TPSA) is 59.1 Å². The lowest BCUT2D eigenvalue weighted by Gasteiger charge is -2.14. The molecule has 1 unspecified atom stereocenters. The lowest BCUT2D eigenvalue weighted by molar-refractivity contribution is -0.124. The SMILES string of the molecule is CC(=O)C(CC(=O)NCc1ccc(C)cc1)Sc1ncccc1C. The van der Waals surface area contributed by atoms with Crippen LogP contribution >= 0.6 is 11.8 Å². The summed E-state index contributed by atoms with van der Waals surface area (Å²) < 4.78 is 0. The summed E-state index contributed by atoms with van der Waals surface area (Å²) in [5.41, 5.74) is 3.24. The van der Waals surface area contributed by atoms with Gasteiger partial charge in [0.25, 0.3) is 0 Å². The molecule has 0 saturated heterocycles. The van der Waals surface area contributed by atoms with E-state index < -0.39 is 5.25 Å². The van der Waals surface area contributed by atoms with Gasteiger partial charge in [0, 0.05) is 19.2 Å². The van der Waals surface area contributed by atoms with Crippen molar-refractivity contribution < 1.29 is 9.59 Å². The Bertz CT molecular complexity index is 714. The third-order valence-corrected chi connectivity index (χ3v) is 5.08. The molecule has 0 radical (unpaired) electrons. The summed E-state index contributed by atoms with van der Waals surface area (Å²) in [6.45, 7) is 5.96. The lowest BCUT2D eigenvalue weighted by Crippen LogP contribution is -2.28. The van der Waals surface area contributed by atoms with Gasteiger partial charge in [-0.1, -0.05) is 47.7 Å². The molecule has 1 atom stereocenters. The molecular weight excluding hydrogens is 320 g/mol. The lowest BCUT2D eigenvalue weighted by atomic mass is 10.1. The quantitative estimate of drug-likeness (QED) is 0.783. The van der Waals surface area contributed by atoms with Gasteiger partial charge < -0.3 is 5.32 Å². The van der Waals surface area contributed by atoms with Gasteiger partial charge in [0.1, 0.15) is 5.78 Å². The van der Waals surface area contributed by atoms with Gasteiger partial charge in [-0.25, -0.2) is 4.98 Å². The predicted octanol–water partition coefficient (Wildman–Crippen LogP) is 3.45. The molecule has 1 aromatic heterocycles. The Balaban J connectivity index is 1.92. The second-order valence-corrected chi connectivity index (χ2v) is 7.00. The number of nitrogens with zero attached hydrogens (tertiary/aromatic N) is 1. The minimum atomic E-state index is -0.420. The zero-order chi connectivity index (χ0) is 17.5. The maximum absolute atomic E-state index is 12.2. The number of carbonyl (C=O) groups excluding carboxylic acids is 2. The molecule has 126 valence electrons. The highest BCUT2D eigenvalue weighted by Crippen LogP contribution is 2.26. The highest BCUT2D eigenvalue weighted by Gasteiger charge is 2.21. The number of Topliss-reactive ketones (excluding diaryl/α,β-unsaturated/α-hetero) is 1. The number of nitrogens with one attached hydrogen (secondary N) is 1. The Hall–Kier alpha value is -2.14. The standard InChI is InChI=1S/C19H22N2O2S/c1-13-6-8-16(9-7-13)12-21-18(23)11-17(15(3)22)24-19-14(2)5-4-10-20-19/h4-10,17H,11-12H2,1-3H3,(H,21,23). The van der Waals surface area contributed by atoms with E-state index in [9.17, 15) is 9.59 Å². The molecule has 4 nitrogen and oxygen atoms in total. The summed E-state index contributed by atoms with van der Waals surface area (Å²) in [5, 5.41) is 3.25. The molecule has 2 aromatic rings. The number of amides is 1. The molecule has 2 rings (SSSR count). The molecule has 0 aliphatic heterocycles. The summed E-state index contributed by atoms with van der Waals surface area (Å²) in [4.78, 5) is 28.3. The van der Waals surface area contributed by atoms with Gasteiger partial charge in [0.05, 0.1) is 10.3 Å². The number of hydrogen-bond donors (Lipinski definition) is 1. The van der Waals surface area contributed by atoms with E-state index in [4.69, 9.17) is 0 Å². The minimum absolute atomic E-state index is 0.0180. The molecule has 1 N–H and O–H groups in total. The smallest absolute Gasteiger partial charge is 0.221 e. The number of aromatic nitrogens is 1. The first kappa shape index (κ1) is 18.2. The molecule has 1 aromatic carbocycles. The number of hydrogen-bond acceptors (Lipinski definition) is 4. The van der Waals surface area contributed by atoms with Crippen LogP contribution in [0.3, 0.4) is 0 Å². The first-order valence-electron chi connectivity index (χ1n) is 7.86. The molecule has 0 aliphatic rings. The van der Waals surface area contributed by atoms with E-state index in [2.05, 4.69) is 10.3 Å². The molecule has 0 saturated carbocycles. The maximum Gasteiger partial charge on any atom is 0.221 e. The van der Waals surface area contributed by atoms with E-state index in [-0.39, 0.29) is 18.1 Å². The number of aryl methyl sites for hydroxylation is 2. The molecule has 0 spiro atoms. The molecule has 0 bridgehead atoms. The average molecular weight is 342 g/mol. The highest BCUT2D eigenvalue weighted by molar-refractivity contribution is 8.00. The Morgan fingerprint density at radius 1 is 1.17 bits per heavy atom. The minimum Gasteiger partial charge on any atom is -0.352 e. The van der Waals surface area contributed by atoms with Gasteiger partial charge in [-0.3, -0.25) is 9.59 Å². The van der Waals surface area contributed by atoms with Crippen LogP contribution in [0.2, 0.25) is 0 Å². The fraction of sp³-hybridized carbons (Fsp3) is 0.316. The third-order valence-electron chi connectivity index (χ3n) is 3.65. The first-order chi connectivity index (χ1) is 11.5. The van der Waals surface area contributed by atoms with Crippen LogP contribution in [0, 0.1) is 13.8 Å². The number of carbonyl (C=O) groups is 2. The number of rotatable bonds is 7. The van der Waals surface area contributed by atoms with Crippen LogP contribution in [0.1, 0.15) is 30.0 Å². The average Bonchev–Trinajstić information content (AvgIpc) is 2.55. The zero-order valence-corrected chi connectivity index (χ0v) is 15.0. The zero-order valence-electron chi connectivity index (χ0n) is 14.2. The van der Waals surface area contributed by atoms with Gasteiger partial charge in [-0.2, -0.15) is 0 Å². The van der Waals surface area contributed by atoms with Crippen LogP contribution in [-0.2, 0) is 16.1 Å². The molecule has 5 heteroatoms. The van der Waals surface area contributed by atoms with Crippen molar-refractivity contribution in [2.45, 2.75) is 44.0 Å². The van der Waals surface area contributed by atoms with Gasteiger partial charge >= 0.3 is 0 Å². The predicted molar refractivity (Wildman–Crippen MR) is 96.9 cm³/mol. The summed E-state index contributed by atoms with van der Waals surface area (Å²) in [6.07, 6.45) is 1.85. The number of benzene rings is 1. The van der Waals surface area contributed by atoms with Crippen LogP contribution in [0.25, 0.3) is 0 Å². The Morgan fingerprint density at radius 3 is 2.50 bits per heavy atom. The van der Waals surface area contributed by atoms with E-state index in [1.165, 1.54) is 24.2 Å². The number of thioether (sulfide) groups is 1. The molecule has 24 heavy (non-hydrogen) atoms. The summed E-state index contributed by atoms with van der Waals surface area (Å²) in [6, 6.07) is 11.8. The van der Waals surface area contributed by atoms with E-state index in [1.54, 1.807) is 6.20 Å². The Kier molecular flexibility index (Phi) is 6.55. The molecule has 1 amide bonds. The Morgan fingerprint density at radius 2 is 1.88 bits per heavy atom. The van der Waals surface area contributed by atoms with Gasteiger partial charge in [-0.15, -0.1) is 0 Å². The number of ketones is 1. The fourth-order valence-corrected chi connectivity index (χ4v) is 3.19. The van der Waals surface area contributed by atoms with Crippen molar-refractivity contribution in [3.8, 4) is 0 Å². The summed E-state index contributed by atoms with van der Waals surface area (Å²) in [5.74, 6) is -0.146. The monoisotopic (exact) mass is 342 g/mol. The van der Waals surface area contributed by atoms with Gasteiger partial charge in [-0.05, 0) is 38.0 Å². The van der Waals surface area contributed by atoms with Crippen LogP contribution in [0.4, 0.5) is 0 Å².